The molecule has 0 atom stereocenters. The number of benzene rings is 2. The summed E-state index contributed by atoms with van der Waals surface area (Å²) in [7, 11) is -3.92. The van der Waals surface area contributed by atoms with Crippen LogP contribution in [0.4, 0.5) is 24.5 Å². The van der Waals surface area contributed by atoms with Crippen molar-refractivity contribution in [2.75, 3.05) is 31.1 Å². The zero-order valence-corrected chi connectivity index (χ0v) is 17.7. The summed E-state index contributed by atoms with van der Waals surface area (Å²) in [4.78, 5) is 16.9. The lowest BCUT2D eigenvalue weighted by Crippen LogP contribution is -2.48. The zero-order chi connectivity index (χ0) is 23.8. The van der Waals surface area contributed by atoms with E-state index in [1.165, 1.54) is 16.6 Å². The molecule has 2 aromatic carbocycles. The van der Waals surface area contributed by atoms with Crippen molar-refractivity contribution in [3.8, 4) is 5.75 Å². The number of pyridine rings is 1. The van der Waals surface area contributed by atoms with E-state index in [2.05, 4.69) is 9.72 Å². The SMILES string of the molecule is O=[N+]([O-])c1ccc(N2CCN(S(=O)(=O)c3ccc(OC(F)(F)F)cc3)CC2)c2ncccc12. The van der Waals surface area contributed by atoms with Gasteiger partial charge in [0.05, 0.1) is 20.9 Å². The molecule has 2 heterocycles. The second kappa shape index (κ2) is 8.48. The summed E-state index contributed by atoms with van der Waals surface area (Å²) in [5.41, 5.74) is 1.03. The van der Waals surface area contributed by atoms with Gasteiger partial charge in [-0.1, -0.05) is 0 Å². The number of aromatic nitrogens is 1. The van der Waals surface area contributed by atoms with Gasteiger partial charge in [-0.3, -0.25) is 15.1 Å². The summed E-state index contributed by atoms with van der Waals surface area (Å²) in [6.07, 6.45) is -3.34. The van der Waals surface area contributed by atoms with E-state index < -0.39 is 27.1 Å². The first-order valence-corrected chi connectivity index (χ1v) is 11.1. The highest BCUT2D eigenvalue weighted by molar-refractivity contribution is 7.89. The molecule has 4 rings (SSSR count). The lowest BCUT2D eigenvalue weighted by atomic mass is 10.1. The van der Waals surface area contributed by atoms with Crippen LogP contribution in [0.1, 0.15) is 0 Å². The molecule has 1 aliphatic heterocycles. The van der Waals surface area contributed by atoms with Crippen LogP contribution < -0.4 is 9.64 Å². The number of ether oxygens (including phenoxy) is 1. The van der Waals surface area contributed by atoms with Gasteiger partial charge in [-0.2, -0.15) is 4.31 Å². The normalized spacial score (nSPS) is 15.5. The smallest absolute Gasteiger partial charge is 0.406 e. The van der Waals surface area contributed by atoms with Crippen LogP contribution in [-0.4, -0.2) is 55.2 Å². The van der Waals surface area contributed by atoms with Crippen LogP contribution in [0.15, 0.2) is 59.6 Å². The van der Waals surface area contributed by atoms with E-state index in [4.69, 9.17) is 0 Å². The first-order valence-electron chi connectivity index (χ1n) is 9.69. The Bertz CT molecular complexity index is 1290. The molecule has 9 nitrogen and oxygen atoms in total. The molecule has 0 saturated carbocycles. The van der Waals surface area contributed by atoms with Crippen molar-refractivity contribution in [1.82, 2.24) is 9.29 Å². The minimum Gasteiger partial charge on any atom is -0.406 e. The lowest BCUT2D eigenvalue weighted by Gasteiger charge is -2.35. The molecule has 0 unspecified atom stereocenters. The minimum absolute atomic E-state index is 0.0685. The first-order chi connectivity index (χ1) is 15.6. The number of rotatable bonds is 5. The summed E-state index contributed by atoms with van der Waals surface area (Å²) in [6, 6.07) is 10.2. The molecule has 13 heteroatoms. The molecule has 0 N–H and O–H groups in total. The van der Waals surface area contributed by atoms with E-state index in [0.717, 1.165) is 24.3 Å². The largest absolute Gasteiger partial charge is 0.573 e. The van der Waals surface area contributed by atoms with Gasteiger partial charge >= 0.3 is 6.36 Å². The average molecular weight is 482 g/mol. The predicted octanol–water partition coefficient (Wildman–Crippen LogP) is 3.55. The van der Waals surface area contributed by atoms with Crippen LogP contribution in [-0.2, 0) is 10.0 Å². The molecule has 33 heavy (non-hydrogen) atoms. The number of hydrogen-bond donors (Lipinski definition) is 0. The fraction of sp³-hybridized carbons (Fsp3) is 0.250. The molecule has 1 fully saturated rings. The molecular formula is C20H17F3N4O5S. The van der Waals surface area contributed by atoms with Gasteiger partial charge in [0, 0.05) is 38.4 Å². The topological polar surface area (TPSA) is 106 Å². The van der Waals surface area contributed by atoms with E-state index >= 15 is 0 Å². The molecular weight excluding hydrogens is 465 g/mol. The summed E-state index contributed by atoms with van der Waals surface area (Å²) < 4.78 is 67.8. The highest BCUT2D eigenvalue weighted by atomic mass is 32.2. The van der Waals surface area contributed by atoms with Crippen LogP contribution in [0, 0.1) is 10.1 Å². The molecule has 174 valence electrons. The number of alkyl halides is 3. The van der Waals surface area contributed by atoms with Crippen LogP contribution in [0.5, 0.6) is 5.75 Å². The van der Waals surface area contributed by atoms with Gasteiger partial charge in [0.2, 0.25) is 10.0 Å². The van der Waals surface area contributed by atoms with Gasteiger partial charge in [-0.05, 0) is 42.5 Å². The van der Waals surface area contributed by atoms with E-state index in [0.29, 0.717) is 29.7 Å². The minimum atomic E-state index is -4.87. The van der Waals surface area contributed by atoms with Gasteiger partial charge in [-0.15, -0.1) is 13.2 Å². The number of nitro benzene ring substituents is 1. The standard InChI is InChI=1S/C20H17F3N4O5S/c21-20(22,23)32-14-3-5-15(6-4-14)33(30,31)26-12-10-25(11-13-26)18-8-7-17(27(28)29)16-2-1-9-24-19(16)18/h1-9H,10-13H2. The number of fused-ring (bicyclic) bond motifs is 1. The molecule has 0 spiro atoms. The molecule has 3 aromatic rings. The highest BCUT2D eigenvalue weighted by Gasteiger charge is 2.32. The Labute approximate surface area is 186 Å². The van der Waals surface area contributed by atoms with Crippen molar-refractivity contribution >= 4 is 32.3 Å². The van der Waals surface area contributed by atoms with Gasteiger partial charge in [0.25, 0.3) is 5.69 Å². The maximum atomic E-state index is 12.9. The van der Waals surface area contributed by atoms with Crippen molar-refractivity contribution in [1.29, 1.82) is 0 Å². The van der Waals surface area contributed by atoms with Gasteiger partial charge in [0.1, 0.15) is 11.3 Å². The number of non-ortho nitro benzene ring substituents is 1. The van der Waals surface area contributed by atoms with Crippen LogP contribution in [0.3, 0.4) is 0 Å². The monoisotopic (exact) mass is 482 g/mol. The third kappa shape index (κ3) is 4.68. The average Bonchev–Trinajstić information content (AvgIpc) is 2.77. The molecule has 0 amide bonds. The van der Waals surface area contributed by atoms with Crippen LogP contribution in [0.2, 0.25) is 0 Å². The van der Waals surface area contributed by atoms with Gasteiger partial charge in [0.15, 0.2) is 0 Å². The van der Waals surface area contributed by atoms with E-state index in [9.17, 15) is 31.7 Å². The number of sulfonamides is 1. The zero-order valence-electron chi connectivity index (χ0n) is 16.9. The molecule has 0 radical (unpaired) electrons. The number of halogens is 3. The third-order valence-corrected chi connectivity index (χ3v) is 7.11. The number of nitrogens with zero attached hydrogens (tertiary/aromatic N) is 4. The Kier molecular flexibility index (Phi) is 5.84. The first kappa shape index (κ1) is 22.7. The molecule has 1 aliphatic rings. The molecule has 0 aliphatic carbocycles. The second-order valence-electron chi connectivity index (χ2n) is 7.17. The summed E-state index contributed by atoms with van der Waals surface area (Å²) in [5, 5.41) is 11.7. The molecule has 1 saturated heterocycles. The Morgan fingerprint density at radius 2 is 1.67 bits per heavy atom. The quantitative estimate of drug-likeness (QED) is 0.404. The number of piperazine rings is 1. The van der Waals surface area contributed by atoms with E-state index in [-0.39, 0.29) is 23.7 Å². The number of anilines is 1. The van der Waals surface area contributed by atoms with Crippen molar-refractivity contribution in [2.45, 2.75) is 11.3 Å². The highest BCUT2D eigenvalue weighted by Crippen LogP contribution is 2.33. The summed E-state index contributed by atoms with van der Waals surface area (Å²) in [6.45, 7) is 0.846. The van der Waals surface area contributed by atoms with Gasteiger partial charge in [-0.25, -0.2) is 8.42 Å². The Morgan fingerprint density at radius 3 is 2.27 bits per heavy atom. The summed E-state index contributed by atoms with van der Waals surface area (Å²) >= 11 is 0. The second-order valence-corrected chi connectivity index (χ2v) is 9.11. The van der Waals surface area contributed by atoms with Crippen LogP contribution >= 0.6 is 0 Å². The number of nitro groups is 1. The van der Waals surface area contributed by atoms with E-state index in [1.807, 2.05) is 4.90 Å². The summed E-state index contributed by atoms with van der Waals surface area (Å²) in [5.74, 6) is -0.510. The van der Waals surface area contributed by atoms with Crippen molar-refractivity contribution in [3.05, 3.63) is 64.8 Å². The van der Waals surface area contributed by atoms with E-state index in [1.54, 1.807) is 18.2 Å². The fourth-order valence-corrected chi connectivity index (χ4v) is 5.11. The van der Waals surface area contributed by atoms with Crippen molar-refractivity contribution in [2.24, 2.45) is 0 Å². The lowest BCUT2D eigenvalue weighted by molar-refractivity contribution is -0.383. The maximum absolute atomic E-state index is 12.9. The fourth-order valence-electron chi connectivity index (χ4n) is 3.69. The maximum Gasteiger partial charge on any atom is 0.573 e. The third-order valence-electron chi connectivity index (χ3n) is 5.20. The van der Waals surface area contributed by atoms with Crippen molar-refractivity contribution < 1.29 is 31.2 Å². The molecule has 1 aromatic heterocycles. The Balaban J connectivity index is 1.51. The number of hydrogen-bond acceptors (Lipinski definition) is 7. The van der Waals surface area contributed by atoms with Crippen LogP contribution in [0.25, 0.3) is 10.9 Å². The predicted molar refractivity (Wildman–Crippen MR) is 112 cm³/mol. The van der Waals surface area contributed by atoms with Crippen molar-refractivity contribution in [3.63, 3.8) is 0 Å². The Hall–Kier alpha value is -3.45. The Morgan fingerprint density at radius 1 is 1.00 bits per heavy atom. The molecule has 0 bridgehead atoms. The van der Waals surface area contributed by atoms with Gasteiger partial charge < -0.3 is 9.64 Å².